The van der Waals surface area contributed by atoms with E-state index in [1.807, 2.05) is 13.0 Å². The normalized spacial score (nSPS) is 20.3. The summed E-state index contributed by atoms with van der Waals surface area (Å²) < 4.78 is 29.4. The van der Waals surface area contributed by atoms with Crippen LogP contribution in [0.4, 0.5) is 0 Å². The van der Waals surface area contributed by atoms with Gasteiger partial charge in [0.05, 0.1) is 0 Å². The summed E-state index contributed by atoms with van der Waals surface area (Å²) in [6.45, 7) is 3.92. The molecule has 8 heteroatoms. The van der Waals surface area contributed by atoms with Crippen molar-refractivity contribution >= 4 is 21.4 Å². The third-order valence-electron chi connectivity index (χ3n) is 3.97. The van der Waals surface area contributed by atoms with Gasteiger partial charge in [0.25, 0.3) is 10.0 Å². The van der Waals surface area contributed by atoms with Crippen LogP contribution in [-0.2, 0) is 23.0 Å². The molecular formula is C14H20N4O2S2. The lowest BCUT2D eigenvalue weighted by Gasteiger charge is -2.31. The zero-order valence-corrected chi connectivity index (χ0v) is 14.2. The molecule has 2 aromatic rings. The Bertz CT molecular complexity index is 709. The Morgan fingerprint density at radius 1 is 1.41 bits per heavy atom. The Morgan fingerprint density at radius 2 is 2.27 bits per heavy atom. The summed E-state index contributed by atoms with van der Waals surface area (Å²) in [4.78, 5) is 5.04. The van der Waals surface area contributed by atoms with E-state index in [-0.39, 0.29) is 5.92 Å². The molecule has 0 saturated carbocycles. The van der Waals surface area contributed by atoms with Gasteiger partial charge in [0, 0.05) is 24.5 Å². The van der Waals surface area contributed by atoms with E-state index in [4.69, 9.17) is 0 Å². The molecule has 1 fully saturated rings. The van der Waals surface area contributed by atoms with Gasteiger partial charge in [-0.05, 0) is 37.3 Å². The van der Waals surface area contributed by atoms with Crippen molar-refractivity contribution in [3.8, 4) is 0 Å². The van der Waals surface area contributed by atoms with Crippen LogP contribution in [0.2, 0.25) is 0 Å². The van der Waals surface area contributed by atoms with Gasteiger partial charge < -0.3 is 0 Å². The molecule has 0 aliphatic carbocycles. The van der Waals surface area contributed by atoms with Crippen molar-refractivity contribution in [3.63, 3.8) is 0 Å². The number of piperidine rings is 1. The van der Waals surface area contributed by atoms with Gasteiger partial charge in [0.1, 0.15) is 16.9 Å². The van der Waals surface area contributed by atoms with E-state index < -0.39 is 10.0 Å². The maximum atomic E-state index is 12.8. The SMILES string of the molecule is CCc1ccc(S(=O)(=O)N2CCCC(Cn3cncn3)C2)s1. The predicted molar refractivity (Wildman–Crippen MR) is 85.2 cm³/mol. The van der Waals surface area contributed by atoms with Crippen LogP contribution in [0, 0.1) is 5.92 Å². The second-order valence-electron chi connectivity index (χ2n) is 5.56. The van der Waals surface area contributed by atoms with Gasteiger partial charge in [-0.25, -0.2) is 13.4 Å². The number of aromatic nitrogens is 3. The molecule has 1 atom stereocenters. The first kappa shape index (κ1) is 15.6. The van der Waals surface area contributed by atoms with Crippen molar-refractivity contribution < 1.29 is 8.42 Å². The van der Waals surface area contributed by atoms with E-state index >= 15 is 0 Å². The highest BCUT2D eigenvalue weighted by molar-refractivity contribution is 7.91. The zero-order chi connectivity index (χ0) is 15.6. The van der Waals surface area contributed by atoms with Crippen molar-refractivity contribution in [2.75, 3.05) is 13.1 Å². The van der Waals surface area contributed by atoms with E-state index in [0.717, 1.165) is 30.7 Å². The highest BCUT2D eigenvalue weighted by Crippen LogP contribution is 2.29. The van der Waals surface area contributed by atoms with E-state index in [1.165, 1.54) is 17.7 Å². The molecule has 1 aliphatic rings. The molecule has 120 valence electrons. The molecule has 1 saturated heterocycles. The van der Waals surface area contributed by atoms with Crippen molar-refractivity contribution in [1.82, 2.24) is 19.1 Å². The third-order valence-corrected chi connectivity index (χ3v) is 7.54. The second kappa shape index (κ2) is 6.47. The molecule has 3 rings (SSSR count). The van der Waals surface area contributed by atoms with Crippen molar-refractivity contribution in [1.29, 1.82) is 0 Å². The van der Waals surface area contributed by atoms with Crippen molar-refractivity contribution in [2.45, 2.75) is 36.9 Å². The van der Waals surface area contributed by atoms with Gasteiger partial charge in [-0.1, -0.05) is 6.92 Å². The van der Waals surface area contributed by atoms with Crippen LogP contribution in [0.3, 0.4) is 0 Å². The highest BCUT2D eigenvalue weighted by atomic mass is 32.2. The minimum atomic E-state index is -3.36. The molecule has 2 aromatic heterocycles. The van der Waals surface area contributed by atoms with Crippen LogP contribution in [0.5, 0.6) is 0 Å². The number of thiophene rings is 1. The number of hydrogen-bond donors (Lipinski definition) is 0. The molecule has 0 N–H and O–H groups in total. The lowest BCUT2D eigenvalue weighted by molar-refractivity contribution is 0.240. The monoisotopic (exact) mass is 340 g/mol. The van der Waals surface area contributed by atoms with Crippen LogP contribution in [0.1, 0.15) is 24.6 Å². The molecule has 0 spiro atoms. The van der Waals surface area contributed by atoms with E-state index in [0.29, 0.717) is 17.3 Å². The average molecular weight is 340 g/mol. The largest absolute Gasteiger partial charge is 0.253 e. The third kappa shape index (κ3) is 3.23. The minimum Gasteiger partial charge on any atom is -0.253 e. The lowest BCUT2D eigenvalue weighted by atomic mass is 10.00. The Labute approximate surface area is 134 Å². The standard InChI is InChI=1S/C14H20N4O2S2/c1-2-13-5-6-14(21-13)22(19,20)18-7-3-4-12(9-18)8-17-11-15-10-16-17/h5-6,10-12H,2-4,7-9H2,1H3. The summed E-state index contributed by atoms with van der Waals surface area (Å²) in [5, 5.41) is 4.11. The summed E-state index contributed by atoms with van der Waals surface area (Å²) >= 11 is 1.38. The average Bonchev–Trinajstić information content (AvgIpc) is 3.18. The quantitative estimate of drug-likeness (QED) is 0.835. The first-order valence-electron chi connectivity index (χ1n) is 7.51. The summed E-state index contributed by atoms with van der Waals surface area (Å²) in [5.74, 6) is 0.288. The van der Waals surface area contributed by atoms with Crippen LogP contribution < -0.4 is 0 Å². The van der Waals surface area contributed by atoms with Crippen LogP contribution in [0.15, 0.2) is 29.0 Å². The van der Waals surface area contributed by atoms with Crippen LogP contribution in [-0.4, -0.2) is 40.6 Å². The molecule has 0 amide bonds. The topological polar surface area (TPSA) is 68.1 Å². The molecule has 0 bridgehead atoms. The fourth-order valence-electron chi connectivity index (χ4n) is 2.80. The molecule has 6 nitrogen and oxygen atoms in total. The number of rotatable bonds is 5. The molecule has 1 aliphatic heterocycles. The smallest absolute Gasteiger partial charge is 0.252 e. The molecule has 0 aromatic carbocycles. The Balaban J connectivity index is 1.73. The summed E-state index contributed by atoms with van der Waals surface area (Å²) in [6, 6.07) is 3.65. The van der Waals surface area contributed by atoms with E-state index in [1.54, 1.807) is 21.4 Å². The fraction of sp³-hybridized carbons (Fsp3) is 0.571. The lowest BCUT2D eigenvalue weighted by Crippen LogP contribution is -2.40. The Morgan fingerprint density at radius 3 is 2.95 bits per heavy atom. The maximum absolute atomic E-state index is 12.8. The zero-order valence-electron chi connectivity index (χ0n) is 12.6. The van der Waals surface area contributed by atoms with Gasteiger partial charge >= 0.3 is 0 Å². The van der Waals surface area contributed by atoms with E-state index in [9.17, 15) is 8.42 Å². The first-order chi connectivity index (χ1) is 10.6. The maximum Gasteiger partial charge on any atom is 0.252 e. The predicted octanol–water partition coefficient (Wildman–Crippen LogP) is 2.00. The second-order valence-corrected chi connectivity index (χ2v) is 8.90. The summed E-state index contributed by atoms with van der Waals surface area (Å²) in [6.07, 6.45) is 5.98. The molecule has 1 unspecified atom stereocenters. The number of aryl methyl sites for hydroxylation is 1. The van der Waals surface area contributed by atoms with Gasteiger partial charge in [-0.2, -0.15) is 9.40 Å². The fourth-order valence-corrected chi connectivity index (χ4v) is 5.80. The Kier molecular flexibility index (Phi) is 4.60. The van der Waals surface area contributed by atoms with Crippen molar-refractivity contribution in [2.24, 2.45) is 5.92 Å². The van der Waals surface area contributed by atoms with Gasteiger partial charge in [0.15, 0.2) is 0 Å². The van der Waals surface area contributed by atoms with Crippen LogP contribution in [0.25, 0.3) is 0 Å². The number of nitrogens with zero attached hydrogens (tertiary/aromatic N) is 4. The summed E-state index contributed by atoms with van der Waals surface area (Å²) in [5.41, 5.74) is 0. The highest BCUT2D eigenvalue weighted by Gasteiger charge is 2.31. The van der Waals surface area contributed by atoms with Gasteiger partial charge in [-0.15, -0.1) is 11.3 Å². The summed E-state index contributed by atoms with van der Waals surface area (Å²) in [7, 11) is -3.36. The van der Waals surface area contributed by atoms with Gasteiger partial charge in [0.2, 0.25) is 0 Å². The van der Waals surface area contributed by atoms with Crippen LogP contribution >= 0.6 is 11.3 Å². The number of sulfonamides is 1. The molecular weight excluding hydrogens is 320 g/mol. The number of hydrogen-bond acceptors (Lipinski definition) is 5. The van der Waals surface area contributed by atoms with E-state index in [2.05, 4.69) is 10.1 Å². The Hall–Kier alpha value is -1.25. The van der Waals surface area contributed by atoms with Gasteiger partial charge in [-0.3, -0.25) is 4.68 Å². The van der Waals surface area contributed by atoms with Crippen molar-refractivity contribution in [3.05, 3.63) is 29.7 Å². The molecule has 3 heterocycles. The minimum absolute atomic E-state index is 0.288. The first-order valence-corrected chi connectivity index (χ1v) is 9.76. The molecule has 0 radical (unpaired) electrons. The molecule has 22 heavy (non-hydrogen) atoms.